The summed E-state index contributed by atoms with van der Waals surface area (Å²) >= 11 is 0. The molecule has 0 aliphatic carbocycles. The van der Waals surface area contributed by atoms with E-state index in [0.717, 1.165) is 24.3 Å². The van der Waals surface area contributed by atoms with Crippen LogP contribution in [0.3, 0.4) is 0 Å². The molecule has 0 saturated carbocycles. The Bertz CT molecular complexity index is 361. The topological polar surface area (TPSA) is 51.4 Å². The average Bonchev–Trinajstić information content (AvgIpc) is 2.99. The predicted octanol–water partition coefficient (Wildman–Crippen LogP) is 3.69. The number of hydrogen-bond acceptors (Lipinski definition) is 2. The van der Waals surface area contributed by atoms with Gasteiger partial charge in [0.15, 0.2) is 0 Å². The first-order chi connectivity index (χ1) is 9.69. The van der Waals surface area contributed by atoms with Crippen molar-refractivity contribution in [2.45, 2.75) is 52.7 Å². The molecule has 3 unspecified atom stereocenters. The van der Waals surface area contributed by atoms with Gasteiger partial charge in [-0.1, -0.05) is 51.0 Å². The van der Waals surface area contributed by atoms with Crippen LogP contribution in [-0.2, 0) is 33.2 Å². The number of allylic oxidation sites excluding steroid dienone is 5. The Morgan fingerprint density at radius 2 is 2.05 bits per heavy atom. The van der Waals surface area contributed by atoms with Crippen molar-refractivity contribution in [1.29, 1.82) is 0 Å². The van der Waals surface area contributed by atoms with E-state index >= 15 is 0 Å². The molecule has 1 aliphatic rings. The second kappa shape index (κ2) is 14.9. The molecule has 1 aliphatic heterocycles. The van der Waals surface area contributed by atoms with Crippen molar-refractivity contribution < 1.29 is 31.7 Å². The molecule has 0 aromatic heterocycles. The summed E-state index contributed by atoms with van der Waals surface area (Å²) in [6.45, 7) is 8.63. The van der Waals surface area contributed by atoms with Gasteiger partial charge in [0.25, 0.3) is 0 Å². The summed E-state index contributed by atoms with van der Waals surface area (Å²) < 4.78 is 12.2. The third kappa shape index (κ3) is 9.61. The summed E-state index contributed by atoms with van der Waals surface area (Å²) in [6, 6.07) is -0.0254. The van der Waals surface area contributed by atoms with Gasteiger partial charge in [0.2, 0.25) is 0 Å². The van der Waals surface area contributed by atoms with E-state index in [0.29, 0.717) is 0 Å². The van der Waals surface area contributed by atoms with E-state index in [2.05, 4.69) is 5.32 Å². The molecule has 3 nitrogen and oxygen atoms in total. The molecule has 0 amide bonds. The first-order valence-corrected chi connectivity index (χ1v) is 8.69. The second-order valence-corrected chi connectivity index (χ2v) is 5.79. The Morgan fingerprint density at radius 3 is 2.52 bits per heavy atom. The minimum absolute atomic E-state index is 0. The predicted molar refractivity (Wildman–Crippen MR) is 89.3 cm³/mol. The van der Waals surface area contributed by atoms with Gasteiger partial charge in [-0.3, -0.25) is 4.21 Å². The standard InChI is InChI=1S/C14H22NO2S.C2H6.Ta/c1-3-5-8-12(7-4-2)18(17)11-14(16)13-9-6-10-15-13;1-2;/h3-5,7-8,13-14,16H,6,9-11H2,1-2H3;1-2H3;/q-1;;/b5-3-,7-4-,12-8+;;. The molecule has 1 heterocycles. The van der Waals surface area contributed by atoms with Gasteiger partial charge in [0.05, 0.1) is 16.6 Å². The molecule has 1 fully saturated rings. The van der Waals surface area contributed by atoms with Gasteiger partial charge in [-0.15, -0.1) is 12.6 Å². The smallest absolute Gasteiger partial charge is 0.0554 e. The molecule has 0 bridgehead atoms. The zero-order valence-corrected chi connectivity index (χ0v) is 17.6. The Kier molecular flexibility index (Phi) is 16.6. The minimum Gasteiger partial charge on any atom is -0.657 e. The van der Waals surface area contributed by atoms with Crippen molar-refractivity contribution in [2.24, 2.45) is 0 Å². The third-order valence-electron chi connectivity index (χ3n) is 2.83. The van der Waals surface area contributed by atoms with Gasteiger partial charge in [0, 0.05) is 33.4 Å². The molecule has 0 aromatic carbocycles. The van der Waals surface area contributed by atoms with Crippen LogP contribution in [0.25, 0.3) is 5.32 Å². The molecule has 3 atom stereocenters. The maximum absolute atomic E-state index is 12.2. The summed E-state index contributed by atoms with van der Waals surface area (Å²) in [5.74, 6) is 0.266. The molecule has 1 saturated heterocycles. The number of nitrogens with zero attached hydrogens (tertiary/aromatic N) is 1. The van der Waals surface area contributed by atoms with E-state index in [9.17, 15) is 9.32 Å². The first kappa shape index (κ1) is 23.3. The van der Waals surface area contributed by atoms with Crippen LogP contribution in [0.5, 0.6) is 0 Å². The summed E-state index contributed by atoms with van der Waals surface area (Å²) in [7, 11) is -1.17. The van der Waals surface area contributed by atoms with Crippen molar-refractivity contribution >= 4 is 10.8 Å². The average molecular weight is 479 g/mol. The number of rotatable bonds is 6. The van der Waals surface area contributed by atoms with Crippen LogP contribution in [0, 0.1) is 0 Å². The molecule has 0 spiro atoms. The maximum Gasteiger partial charge on any atom is 0.0554 e. The molecular weight excluding hydrogens is 451 g/mol. The van der Waals surface area contributed by atoms with Crippen LogP contribution in [0.15, 0.2) is 35.3 Å². The maximum atomic E-state index is 12.2. The van der Waals surface area contributed by atoms with Crippen molar-refractivity contribution in [2.75, 3.05) is 12.3 Å². The quantitative estimate of drug-likeness (QED) is 0.591. The Balaban J connectivity index is 0. The van der Waals surface area contributed by atoms with E-state index < -0.39 is 16.9 Å². The first-order valence-electron chi connectivity index (χ1n) is 7.37. The van der Waals surface area contributed by atoms with Crippen LogP contribution >= 0.6 is 0 Å². The van der Waals surface area contributed by atoms with E-state index in [1.54, 1.807) is 0 Å². The van der Waals surface area contributed by atoms with Gasteiger partial charge in [-0.05, 0) is 19.9 Å². The van der Waals surface area contributed by atoms with Crippen LogP contribution in [-0.4, -0.2) is 33.8 Å². The number of hydrogen-bond donors (Lipinski definition) is 1. The fraction of sp³-hybridized carbons (Fsp3) is 0.625. The zero-order chi connectivity index (χ0) is 15.4. The molecule has 1 rings (SSSR count). The van der Waals surface area contributed by atoms with Gasteiger partial charge < -0.3 is 10.4 Å². The van der Waals surface area contributed by atoms with Crippen molar-refractivity contribution in [3.8, 4) is 0 Å². The monoisotopic (exact) mass is 479 g/mol. The van der Waals surface area contributed by atoms with Gasteiger partial charge in [0.1, 0.15) is 0 Å². The number of aliphatic hydroxyl groups excluding tert-OH is 1. The molecule has 1 radical (unpaired) electrons. The Hall–Kier alpha value is 0.0303. The second-order valence-electron chi connectivity index (χ2n) is 4.29. The molecule has 121 valence electrons. The molecule has 21 heavy (non-hydrogen) atoms. The fourth-order valence-corrected chi connectivity index (χ4v) is 3.13. The zero-order valence-electron chi connectivity index (χ0n) is 13.5. The van der Waals surface area contributed by atoms with Gasteiger partial charge in [-0.25, -0.2) is 0 Å². The normalized spacial score (nSPS) is 21.8. The van der Waals surface area contributed by atoms with E-state index in [1.165, 1.54) is 0 Å². The van der Waals surface area contributed by atoms with Crippen LogP contribution in [0.2, 0.25) is 0 Å². The fourth-order valence-electron chi connectivity index (χ4n) is 1.89. The summed E-state index contributed by atoms with van der Waals surface area (Å²) in [5, 5.41) is 14.3. The van der Waals surface area contributed by atoms with E-state index in [1.807, 2.05) is 58.1 Å². The van der Waals surface area contributed by atoms with E-state index in [-0.39, 0.29) is 34.2 Å². The molecule has 0 aromatic rings. The van der Waals surface area contributed by atoms with Gasteiger partial charge >= 0.3 is 0 Å². The van der Waals surface area contributed by atoms with Crippen molar-refractivity contribution in [3.05, 3.63) is 40.6 Å². The van der Waals surface area contributed by atoms with Crippen molar-refractivity contribution in [3.63, 3.8) is 0 Å². The summed E-state index contributed by atoms with van der Waals surface area (Å²) in [5.41, 5.74) is 0. The van der Waals surface area contributed by atoms with E-state index in [4.69, 9.17) is 0 Å². The Morgan fingerprint density at radius 1 is 1.38 bits per heavy atom. The van der Waals surface area contributed by atoms with Crippen LogP contribution < -0.4 is 0 Å². The third-order valence-corrected chi connectivity index (χ3v) is 4.28. The van der Waals surface area contributed by atoms with Gasteiger partial charge in [-0.2, -0.15) is 0 Å². The van der Waals surface area contributed by atoms with Crippen LogP contribution in [0.1, 0.15) is 40.5 Å². The SMILES string of the molecule is CC.C\C=C/C=C(\C=C/C)S(=O)CC(O)C1CCC[N-]1.[Ta]. The summed E-state index contributed by atoms with van der Waals surface area (Å²) in [4.78, 5) is 0.743. The molecule has 1 N–H and O–H groups in total. The van der Waals surface area contributed by atoms with Crippen LogP contribution in [0.4, 0.5) is 0 Å². The number of aliphatic hydroxyl groups is 1. The minimum atomic E-state index is -1.17. The summed E-state index contributed by atoms with van der Waals surface area (Å²) in [6.07, 6.45) is 10.6. The largest absolute Gasteiger partial charge is 0.657 e. The van der Waals surface area contributed by atoms with Crippen molar-refractivity contribution in [1.82, 2.24) is 0 Å². The molecule has 5 heteroatoms. The Labute approximate surface area is 147 Å². The molecular formula is C16H28NO2STa-.